The van der Waals surface area contributed by atoms with Crippen molar-refractivity contribution in [2.75, 3.05) is 5.73 Å². The van der Waals surface area contributed by atoms with Crippen LogP contribution in [0.5, 0.6) is 0 Å². The van der Waals surface area contributed by atoms with E-state index in [2.05, 4.69) is 10.3 Å². The quantitative estimate of drug-likeness (QED) is 0.812. The third-order valence-corrected chi connectivity index (χ3v) is 2.74. The van der Waals surface area contributed by atoms with E-state index in [0.29, 0.717) is 0 Å². The van der Waals surface area contributed by atoms with Crippen LogP contribution in [0, 0.1) is 0 Å². The zero-order valence-electron chi connectivity index (χ0n) is 9.89. The molecule has 3 N–H and O–H groups in total. The Morgan fingerprint density at radius 3 is 2.58 bits per heavy atom. The van der Waals surface area contributed by atoms with Crippen LogP contribution in [0.3, 0.4) is 0 Å². The van der Waals surface area contributed by atoms with Crippen LogP contribution < -0.4 is 5.73 Å². The molecule has 8 heteroatoms. The molecular formula is C11H11F3N4O. The van der Waals surface area contributed by atoms with Crippen molar-refractivity contribution >= 4 is 5.69 Å². The van der Waals surface area contributed by atoms with Crippen LogP contribution >= 0.6 is 0 Å². The van der Waals surface area contributed by atoms with Crippen LogP contribution in [0.25, 0.3) is 0 Å². The van der Waals surface area contributed by atoms with Gasteiger partial charge in [0.05, 0.1) is 17.5 Å². The number of hydrogen-bond donors (Lipinski definition) is 2. The molecule has 0 aliphatic rings. The number of rotatable bonds is 2. The largest absolute Gasteiger partial charge is 0.416 e. The Hall–Kier alpha value is -2.09. The highest BCUT2D eigenvalue weighted by Gasteiger charge is 2.32. The van der Waals surface area contributed by atoms with Gasteiger partial charge in [0.25, 0.3) is 0 Å². The van der Waals surface area contributed by atoms with Gasteiger partial charge in [0, 0.05) is 18.3 Å². The van der Waals surface area contributed by atoms with Crippen LogP contribution in [-0.2, 0) is 13.2 Å². The second-order valence-electron chi connectivity index (χ2n) is 4.03. The summed E-state index contributed by atoms with van der Waals surface area (Å²) < 4.78 is 39.2. The summed E-state index contributed by atoms with van der Waals surface area (Å²) in [5, 5.41) is 17.3. The summed E-state index contributed by atoms with van der Waals surface area (Å²) in [4.78, 5) is 0. The number of aliphatic hydroxyl groups excluding tert-OH is 1. The molecule has 0 saturated carbocycles. The Labute approximate surface area is 106 Å². The molecule has 0 fully saturated rings. The summed E-state index contributed by atoms with van der Waals surface area (Å²) in [6, 6.07) is 2.81. The van der Waals surface area contributed by atoms with Gasteiger partial charge >= 0.3 is 6.18 Å². The lowest BCUT2D eigenvalue weighted by Crippen LogP contribution is -2.12. The monoisotopic (exact) mass is 272 g/mol. The molecule has 0 aliphatic carbocycles. The highest BCUT2D eigenvalue weighted by molar-refractivity contribution is 5.52. The van der Waals surface area contributed by atoms with Crippen LogP contribution in [0.2, 0.25) is 0 Å². The van der Waals surface area contributed by atoms with Crippen molar-refractivity contribution in [2.45, 2.75) is 12.3 Å². The molecule has 2 aromatic rings. The SMILES string of the molecule is Cn1nncc1C(O)c1cc(C(F)(F)F)ccc1N. The van der Waals surface area contributed by atoms with Crippen molar-refractivity contribution in [1.82, 2.24) is 15.0 Å². The summed E-state index contributed by atoms with van der Waals surface area (Å²) in [6.07, 6.45) is -4.54. The average molecular weight is 272 g/mol. The highest BCUT2D eigenvalue weighted by atomic mass is 19.4. The second-order valence-corrected chi connectivity index (χ2v) is 4.03. The fourth-order valence-electron chi connectivity index (χ4n) is 1.69. The van der Waals surface area contributed by atoms with Crippen LogP contribution in [0.15, 0.2) is 24.4 Å². The van der Waals surface area contributed by atoms with Crippen LogP contribution in [0.4, 0.5) is 18.9 Å². The lowest BCUT2D eigenvalue weighted by atomic mass is 10.0. The predicted molar refractivity (Wildman–Crippen MR) is 60.9 cm³/mol. The first-order chi connectivity index (χ1) is 8.80. The molecule has 0 spiro atoms. The van der Waals surface area contributed by atoms with E-state index in [1.54, 1.807) is 0 Å². The Balaban J connectivity index is 2.47. The van der Waals surface area contributed by atoms with Gasteiger partial charge in [0.15, 0.2) is 0 Å². The van der Waals surface area contributed by atoms with Crippen molar-refractivity contribution in [1.29, 1.82) is 0 Å². The Bertz CT molecular complexity index is 594. The fraction of sp³-hybridized carbons (Fsp3) is 0.273. The van der Waals surface area contributed by atoms with Crippen molar-refractivity contribution in [3.8, 4) is 0 Å². The van der Waals surface area contributed by atoms with Gasteiger partial charge in [0.2, 0.25) is 0 Å². The van der Waals surface area contributed by atoms with Crippen molar-refractivity contribution in [3.05, 3.63) is 41.2 Å². The molecule has 2 rings (SSSR count). The maximum absolute atomic E-state index is 12.6. The number of hydrogen-bond acceptors (Lipinski definition) is 4. The van der Waals surface area contributed by atoms with Crippen molar-refractivity contribution in [3.63, 3.8) is 0 Å². The number of alkyl halides is 3. The molecule has 0 bridgehead atoms. The van der Waals surface area contributed by atoms with Gasteiger partial charge in [-0.3, -0.25) is 0 Å². The Kier molecular flexibility index (Phi) is 3.19. The number of nitrogens with two attached hydrogens (primary N) is 1. The number of aryl methyl sites for hydroxylation is 1. The van der Waals surface area contributed by atoms with Gasteiger partial charge in [-0.2, -0.15) is 13.2 Å². The molecule has 102 valence electrons. The number of anilines is 1. The van der Waals surface area contributed by atoms with Crippen LogP contribution in [-0.4, -0.2) is 20.1 Å². The molecule has 0 saturated heterocycles. The van der Waals surface area contributed by atoms with Gasteiger partial charge in [-0.25, -0.2) is 4.68 Å². The third kappa shape index (κ3) is 2.53. The number of nitrogens with zero attached hydrogens (tertiary/aromatic N) is 3. The van der Waals surface area contributed by atoms with E-state index in [4.69, 9.17) is 5.73 Å². The molecule has 0 radical (unpaired) electrons. The standard InChI is InChI=1S/C11H11F3N4O/c1-18-9(5-16-17-18)10(19)7-4-6(11(12,13)14)2-3-8(7)15/h2-5,10,19H,15H2,1H3. The molecule has 1 atom stereocenters. The van der Waals surface area contributed by atoms with E-state index in [1.165, 1.54) is 17.9 Å². The first kappa shape index (κ1) is 13.3. The summed E-state index contributed by atoms with van der Waals surface area (Å²) >= 11 is 0. The summed E-state index contributed by atoms with van der Waals surface area (Å²) in [6.45, 7) is 0. The van der Waals surface area contributed by atoms with E-state index in [0.717, 1.165) is 18.2 Å². The van der Waals surface area contributed by atoms with E-state index in [1.807, 2.05) is 0 Å². The Morgan fingerprint density at radius 2 is 2.05 bits per heavy atom. The predicted octanol–water partition coefficient (Wildman–Crippen LogP) is 1.50. The van der Waals surface area contributed by atoms with E-state index in [-0.39, 0.29) is 16.9 Å². The lowest BCUT2D eigenvalue weighted by Gasteiger charge is -2.15. The smallest absolute Gasteiger partial charge is 0.398 e. The molecule has 5 nitrogen and oxygen atoms in total. The molecular weight excluding hydrogens is 261 g/mol. The molecule has 1 unspecified atom stereocenters. The zero-order valence-corrected chi connectivity index (χ0v) is 9.89. The van der Waals surface area contributed by atoms with Gasteiger partial charge in [0.1, 0.15) is 6.10 Å². The second kappa shape index (κ2) is 4.54. The van der Waals surface area contributed by atoms with E-state index < -0.39 is 17.8 Å². The zero-order chi connectivity index (χ0) is 14.2. The van der Waals surface area contributed by atoms with E-state index >= 15 is 0 Å². The van der Waals surface area contributed by atoms with Gasteiger partial charge < -0.3 is 10.8 Å². The van der Waals surface area contributed by atoms with Crippen LogP contribution in [0.1, 0.15) is 22.9 Å². The highest BCUT2D eigenvalue weighted by Crippen LogP contribution is 2.34. The van der Waals surface area contributed by atoms with Crippen molar-refractivity contribution in [2.24, 2.45) is 7.05 Å². The molecule has 0 aliphatic heterocycles. The first-order valence-electron chi connectivity index (χ1n) is 5.30. The minimum absolute atomic E-state index is 0.0276. The number of halogens is 3. The van der Waals surface area contributed by atoms with Crippen molar-refractivity contribution < 1.29 is 18.3 Å². The topological polar surface area (TPSA) is 77.0 Å². The first-order valence-corrected chi connectivity index (χ1v) is 5.30. The maximum Gasteiger partial charge on any atom is 0.416 e. The fourth-order valence-corrected chi connectivity index (χ4v) is 1.69. The number of aliphatic hydroxyl groups is 1. The number of benzene rings is 1. The van der Waals surface area contributed by atoms with Gasteiger partial charge in [-0.1, -0.05) is 5.21 Å². The summed E-state index contributed by atoms with van der Waals surface area (Å²) in [7, 11) is 1.52. The molecule has 0 amide bonds. The average Bonchev–Trinajstić information content (AvgIpc) is 2.73. The molecule has 19 heavy (non-hydrogen) atoms. The Morgan fingerprint density at radius 1 is 1.37 bits per heavy atom. The summed E-state index contributed by atoms with van der Waals surface area (Å²) in [5.74, 6) is 0. The summed E-state index contributed by atoms with van der Waals surface area (Å²) in [5.41, 5.74) is 5.04. The lowest BCUT2D eigenvalue weighted by molar-refractivity contribution is -0.137. The normalized spacial score (nSPS) is 13.5. The third-order valence-electron chi connectivity index (χ3n) is 2.74. The van der Waals surface area contributed by atoms with Gasteiger partial charge in [-0.15, -0.1) is 5.10 Å². The molecule has 1 aromatic heterocycles. The maximum atomic E-state index is 12.6. The van der Waals surface area contributed by atoms with E-state index in [9.17, 15) is 18.3 Å². The molecule has 1 aromatic carbocycles. The number of nitrogen functional groups attached to an aromatic ring is 1. The minimum atomic E-state index is -4.49. The number of aromatic nitrogens is 3. The van der Waals surface area contributed by atoms with Gasteiger partial charge in [-0.05, 0) is 18.2 Å². The molecule has 1 heterocycles. The minimum Gasteiger partial charge on any atom is -0.398 e.